The Bertz CT molecular complexity index is 838. The van der Waals surface area contributed by atoms with Crippen molar-refractivity contribution in [2.24, 2.45) is 0 Å². The number of allylic oxidation sites excluding steroid dienone is 4. The first-order chi connectivity index (χ1) is 23.3. The van der Waals surface area contributed by atoms with Gasteiger partial charge in [0.25, 0.3) is 0 Å². The van der Waals surface area contributed by atoms with E-state index in [9.17, 15) is 14.2 Å². The highest BCUT2D eigenvalue weighted by molar-refractivity contribution is 7.46. The van der Waals surface area contributed by atoms with E-state index in [0.717, 1.165) is 51.4 Å². The van der Waals surface area contributed by atoms with Gasteiger partial charge in [0.2, 0.25) is 0 Å². The standard InChI is InChI=1S/C39H73O8P/c1-3-5-7-9-11-13-15-17-18-19-20-22-24-26-28-30-32-34-39(41)47-37(36-46-48(42,43)44)35-45-38(40)33-31-29-27-25-23-21-16-14-12-10-8-6-4-2/h11,13,17-18,37H,3-10,12,14-16,19-36H2,1-2H3,(H2,42,43,44)/b13-11-,18-17-/t37-/m1/s1. The number of phosphoric acid groups is 1. The molecule has 48 heavy (non-hydrogen) atoms. The second kappa shape index (κ2) is 35.4. The predicted octanol–water partition coefficient (Wildman–Crippen LogP) is 11.6. The highest BCUT2D eigenvalue weighted by atomic mass is 31.2. The van der Waals surface area contributed by atoms with Crippen molar-refractivity contribution in [3.8, 4) is 0 Å². The van der Waals surface area contributed by atoms with E-state index in [-0.39, 0.29) is 19.4 Å². The minimum atomic E-state index is -4.75. The number of ether oxygens (including phenoxy) is 2. The molecule has 0 aliphatic carbocycles. The van der Waals surface area contributed by atoms with E-state index in [1.54, 1.807) is 0 Å². The van der Waals surface area contributed by atoms with E-state index >= 15 is 0 Å². The predicted molar refractivity (Wildman–Crippen MR) is 198 cm³/mol. The van der Waals surface area contributed by atoms with Crippen LogP contribution in [0.5, 0.6) is 0 Å². The van der Waals surface area contributed by atoms with Gasteiger partial charge in [0.1, 0.15) is 6.61 Å². The SMILES string of the molecule is CCCCC/C=C\C/C=C\CCCCCCCCCC(=O)O[C@H](COC(=O)CCCCCCCCCCCCCCC)COP(=O)(O)O. The van der Waals surface area contributed by atoms with Crippen LogP contribution in [0.2, 0.25) is 0 Å². The van der Waals surface area contributed by atoms with Crippen LogP contribution in [-0.4, -0.2) is 41.0 Å². The molecular weight excluding hydrogens is 627 g/mol. The molecule has 1 atom stereocenters. The highest BCUT2D eigenvalue weighted by Crippen LogP contribution is 2.36. The van der Waals surface area contributed by atoms with E-state index in [4.69, 9.17) is 19.3 Å². The molecule has 0 unspecified atom stereocenters. The maximum atomic E-state index is 12.4. The van der Waals surface area contributed by atoms with E-state index in [0.29, 0.717) is 6.42 Å². The molecule has 0 bridgehead atoms. The number of phosphoric ester groups is 1. The Hall–Kier alpha value is -1.47. The summed E-state index contributed by atoms with van der Waals surface area (Å²) in [4.78, 5) is 42.7. The number of carbonyl (C=O) groups excluding carboxylic acids is 2. The highest BCUT2D eigenvalue weighted by Gasteiger charge is 2.22. The largest absolute Gasteiger partial charge is 0.469 e. The van der Waals surface area contributed by atoms with Crippen molar-refractivity contribution >= 4 is 19.8 Å². The molecule has 0 aliphatic heterocycles. The third-order valence-electron chi connectivity index (χ3n) is 8.47. The fourth-order valence-corrected chi connectivity index (χ4v) is 5.88. The van der Waals surface area contributed by atoms with Gasteiger partial charge in [-0.2, -0.15) is 0 Å². The fraction of sp³-hybridized carbons (Fsp3) is 0.846. The van der Waals surface area contributed by atoms with Gasteiger partial charge in [0.05, 0.1) is 6.61 Å². The van der Waals surface area contributed by atoms with Gasteiger partial charge >= 0.3 is 19.8 Å². The minimum Gasteiger partial charge on any atom is -0.462 e. The third-order valence-corrected chi connectivity index (χ3v) is 8.96. The van der Waals surface area contributed by atoms with E-state index in [2.05, 4.69) is 42.7 Å². The van der Waals surface area contributed by atoms with Crippen LogP contribution in [0.4, 0.5) is 0 Å². The van der Waals surface area contributed by atoms with Crippen LogP contribution in [0, 0.1) is 0 Å². The molecule has 0 rings (SSSR count). The van der Waals surface area contributed by atoms with Gasteiger partial charge in [-0.3, -0.25) is 14.1 Å². The molecule has 9 heteroatoms. The second-order valence-electron chi connectivity index (χ2n) is 13.3. The summed E-state index contributed by atoms with van der Waals surface area (Å²) in [5, 5.41) is 0. The summed E-state index contributed by atoms with van der Waals surface area (Å²) in [6.45, 7) is 3.65. The Kier molecular flexibility index (Phi) is 34.3. The van der Waals surface area contributed by atoms with Gasteiger partial charge in [-0.15, -0.1) is 0 Å². The Morgan fingerprint density at radius 2 is 0.938 bits per heavy atom. The zero-order valence-corrected chi connectivity index (χ0v) is 31.8. The third kappa shape index (κ3) is 37.4. The summed E-state index contributed by atoms with van der Waals surface area (Å²) in [7, 11) is -4.75. The molecule has 2 N–H and O–H groups in total. The first kappa shape index (κ1) is 46.5. The molecule has 0 saturated heterocycles. The number of unbranched alkanes of at least 4 members (excludes halogenated alkanes) is 22. The van der Waals surface area contributed by atoms with Crippen LogP contribution in [0.25, 0.3) is 0 Å². The zero-order chi connectivity index (χ0) is 35.4. The molecule has 0 fully saturated rings. The molecule has 0 aliphatic rings. The summed E-state index contributed by atoms with van der Waals surface area (Å²) in [6.07, 6.45) is 38.9. The van der Waals surface area contributed by atoms with Crippen molar-refractivity contribution in [1.82, 2.24) is 0 Å². The van der Waals surface area contributed by atoms with Gasteiger partial charge in [0.15, 0.2) is 6.10 Å². The number of carbonyl (C=O) groups is 2. The average Bonchev–Trinajstić information content (AvgIpc) is 3.05. The quantitative estimate of drug-likeness (QED) is 0.0287. The first-order valence-corrected chi connectivity index (χ1v) is 21.2. The molecule has 0 amide bonds. The number of hydrogen-bond donors (Lipinski definition) is 2. The second-order valence-corrected chi connectivity index (χ2v) is 14.5. The smallest absolute Gasteiger partial charge is 0.462 e. The first-order valence-electron chi connectivity index (χ1n) is 19.6. The van der Waals surface area contributed by atoms with Gasteiger partial charge in [-0.1, -0.05) is 160 Å². The summed E-state index contributed by atoms with van der Waals surface area (Å²) < 4.78 is 26.3. The van der Waals surface area contributed by atoms with Crippen molar-refractivity contribution in [1.29, 1.82) is 0 Å². The lowest BCUT2D eigenvalue weighted by Crippen LogP contribution is -2.29. The van der Waals surface area contributed by atoms with Crippen LogP contribution >= 0.6 is 7.82 Å². The zero-order valence-electron chi connectivity index (χ0n) is 30.9. The molecule has 0 heterocycles. The molecule has 282 valence electrons. The van der Waals surface area contributed by atoms with Gasteiger partial charge in [-0.25, -0.2) is 4.57 Å². The van der Waals surface area contributed by atoms with E-state index in [1.807, 2.05) is 0 Å². The molecule has 0 aromatic carbocycles. The van der Waals surface area contributed by atoms with E-state index in [1.165, 1.54) is 109 Å². The van der Waals surface area contributed by atoms with Crippen molar-refractivity contribution < 1.29 is 37.9 Å². The summed E-state index contributed by atoms with van der Waals surface area (Å²) in [5.74, 6) is -0.888. The Morgan fingerprint density at radius 1 is 0.542 bits per heavy atom. The Labute approximate surface area is 294 Å². The van der Waals surface area contributed by atoms with Gasteiger partial charge in [0, 0.05) is 12.8 Å². The molecule has 8 nitrogen and oxygen atoms in total. The average molecular weight is 701 g/mol. The van der Waals surface area contributed by atoms with Gasteiger partial charge < -0.3 is 19.3 Å². The molecule has 0 aromatic rings. The normalized spacial score (nSPS) is 12.7. The van der Waals surface area contributed by atoms with Crippen molar-refractivity contribution in [3.05, 3.63) is 24.3 Å². The van der Waals surface area contributed by atoms with Crippen LogP contribution < -0.4 is 0 Å². The molecule has 0 spiro atoms. The lowest BCUT2D eigenvalue weighted by atomic mass is 10.0. The molecule has 0 aromatic heterocycles. The number of hydrogen-bond acceptors (Lipinski definition) is 6. The van der Waals surface area contributed by atoms with Crippen molar-refractivity contribution in [2.45, 2.75) is 200 Å². The lowest BCUT2D eigenvalue weighted by Gasteiger charge is -2.18. The Balaban J connectivity index is 3.94. The van der Waals surface area contributed by atoms with Crippen LogP contribution in [0.1, 0.15) is 194 Å². The van der Waals surface area contributed by atoms with Crippen LogP contribution in [-0.2, 0) is 28.2 Å². The number of esters is 2. The fourth-order valence-electron chi connectivity index (χ4n) is 5.52. The monoisotopic (exact) mass is 701 g/mol. The lowest BCUT2D eigenvalue weighted by molar-refractivity contribution is -0.161. The maximum absolute atomic E-state index is 12.4. The van der Waals surface area contributed by atoms with Crippen LogP contribution in [0.15, 0.2) is 24.3 Å². The van der Waals surface area contributed by atoms with Crippen LogP contribution in [0.3, 0.4) is 0 Å². The molecule has 0 radical (unpaired) electrons. The van der Waals surface area contributed by atoms with Crippen molar-refractivity contribution in [2.75, 3.05) is 13.2 Å². The van der Waals surface area contributed by atoms with Gasteiger partial charge in [-0.05, 0) is 44.9 Å². The topological polar surface area (TPSA) is 119 Å². The maximum Gasteiger partial charge on any atom is 0.469 e. The Morgan fingerprint density at radius 3 is 1.42 bits per heavy atom. The summed E-state index contributed by atoms with van der Waals surface area (Å²) in [5.41, 5.74) is 0. The molecule has 0 saturated carbocycles. The van der Waals surface area contributed by atoms with E-state index < -0.39 is 32.5 Å². The molecular formula is C39H73O8P. The summed E-state index contributed by atoms with van der Waals surface area (Å²) >= 11 is 0. The minimum absolute atomic E-state index is 0.206. The van der Waals surface area contributed by atoms with Crippen molar-refractivity contribution in [3.63, 3.8) is 0 Å². The summed E-state index contributed by atoms with van der Waals surface area (Å²) in [6, 6.07) is 0. The number of rotatable bonds is 36.